The highest BCUT2D eigenvalue weighted by atomic mass is 32.2. The van der Waals surface area contributed by atoms with Crippen LogP contribution < -0.4 is 10.0 Å². The van der Waals surface area contributed by atoms with Gasteiger partial charge in [-0.2, -0.15) is 0 Å². The van der Waals surface area contributed by atoms with E-state index in [-0.39, 0.29) is 0 Å². The average Bonchev–Trinajstić information content (AvgIpc) is 2.97. The minimum absolute atomic E-state index is 0.429. The van der Waals surface area contributed by atoms with E-state index < -0.39 is 10.0 Å². The average molecular weight is 302 g/mol. The molecule has 4 nitrogen and oxygen atoms in total. The molecule has 108 valence electrons. The van der Waals surface area contributed by atoms with Crippen molar-refractivity contribution in [2.24, 2.45) is 11.8 Å². The molecule has 1 aliphatic rings. The highest BCUT2D eigenvalue weighted by Gasteiger charge is 2.25. The van der Waals surface area contributed by atoms with Crippen molar-refractivity contribution < 1.29 is 8.42 Å². The van der Waals surface area contributed by atoms with E-state index in [1.807, 2.05) is 12.4 Å². The van der Waals surface area contributed by atoms with Gasteiger partial charge in [0, 0.05) is 18.0 Å². The summed E-state index contributed by atoms with van der Waals surface area (Å²) in [5.74, 6) is 1.23. The van der Waals surface area contributed by atoms with E-state index in [0.717, 1.165) is 23.6 Å². The molecule has 0 saturated heterocycles. The maximum absolute atomic E-state index is 12.3. The summed E-state index contributed by atoms with van der Waals surface area (Å²) in [4.78, 5) is 1.30. The highest BCUT2D eigenvalue weighted by Crippen LogP contribution is 2.30. The second-order valence-electron chi connectivity index (χ2n) is 5.37. The van der Waals surface area contributed by atoms with Crippen molar-refractivity contribution in [3.8, 4) is 0 Å². The largest absolute Gasteiger partial charge is 0.315 e. The van der Waals surface area contributed by atoms with Gasteiger partial charge >= 0.3 is 0 Å². The van der Waals surface area contributed by atoms with Crippen molar-refractivity contribution >= 4 is 21.4 Å². The van der Waals surface area contributed by atoms with E-state index >= 15 is 0 Å². The number of thiophene rings is 1. The van der Waals surface area contributed by atoms with Crippen molar-refractivity contribution in [1.29, 1.82) is 0 Å². The molecule has 0 radical (unpaired) electrons. The van der Waals surface area contributed by atoms with Gasteiger partial charge in [0.2, 0.25) is 10.0 Å². The Balaban J connectivity index is 1.99. The van der Waals surface area contributed by atoms with Crippen LogP contribution >= 0.6 is 11.3 Å². The van der Waals surface area contributed by atoms with Gasteiger partial charge in [0.1, 0.15) is 0 Å². The molecule has 0 aromatic carbocycles. The summed E-state index contributed by atoms with van der Waals surface area (Å²) in [6.07, 6.45) is 3.49. The third-order valence-corrected chi connectivity index (χ3v) is 6.26. The first-order valence-electron chi connectivity index (χ1n) is 6.73. The zero-order valence-corrected chi connectivity index (χ0v) is 13.1. The Labute approximate surface area is 119 Å². The van der Waals surface area contributed by atoms with E-state index in [4.69, 9.17) is 0 Å². The Morgan fingerprint density at radius 1 is 1.42 bits per heavy atom. The molecule has 2 rings (SSSR count). The minimum Gasteiger partial charge on any atom is -0.315 e. The van der Waals surface area contributed by atoms with Crippen LogP contribution in [0.5, 0.6) is 0 Å². The van der Waals surface area contributed by atoms with E-state index in [1.165, 1.54) is 17.8 Å². The maximum Gasteiger partial charge on any atom is 0.241 e. The van der Waals surface area contributed by atoms with Crippen LogP contribution in [-0.2, 0) is 16.6 Å². The number of hydrogen-bond donors (Lipinski definition) is 2. The summed E-state index contributed by atoms with van der Waals surface area (Å²) in [6, 6.07) is 1.69. The molecule has 0 aliphatic heterocycles. The molecular weight excluding hydrogens is 280 g/mol. The molecule has 1 saturated carbocycles. The summed E-state index contributed by atoms with van der Waals surface area (Å²) >= 11 is 1.48. The van der Waals surface area contributed by atoms with Gasteiger partial charge < -0.3 is 5.32 Å². The second-order valence-corrected chi connectivity index (χ2v) is 8.11. The van der Waals surface area contributed by atoms with Gasteiger partial charge in [0.05, 0.1) is 4.90 Å². The SMILES string of the molecule is CNCc1sccc1S(=O)(=O)NCC1CCC(C)C1. The van der Waals surface area contributed by atoms with Gasteiger partial charge in [-0.15, -0.1) is 11.3 Å². The van der Waals surface area contributed by atoms with Crippen molar-refractivity contribution in [2.75, 3.05) is 13.6 Å². The van der Waals surface area contributed by atoms with Gasteiger partial charge in [-0.1, -0.05) is 13.3 Å². The van der Waals surface area contributed by atoms with Gasteiger partial charge in [0.25, 0.3) is 0 Å². The molecule has 2 N–H and O–H groups in total. The molecule has 1 aliphatic carbocycles. The lowest BCUT2D eigenvalue weighted by Gasteiger charge is -2.12. The first-order valence-corrected chi connectivity index (χ1v) is 9.10. The van der Waals surface area contributed by atoms with Gasteiger partial charge in [-0.05, 0) is 43.2 Å². The molecule has 0 amide bonds. The number of rotatable bonds is 6. The fraction of sp³-hybridized carbons (Fsp3) is 0.692. The Kier molecular flexibility index (Phi) is 5.00. The monoisotopic (exact) mass is 302 g/mol. The van der Waals surface area contributed by atoms with Gasteiger partial charge in [-0.25, -0.2) is 13.1 Å². The van der Waals surface area contributed by atoms with Crippen molar-refractivity contribution in [2.45, 2.75) is 37.6 Å². The third kappa shape index (κ3) is 3.78. The molecule has 1 fully saturated rings. The topological polar surface area (TPSA) is 58.2 Å². The fourth-order valence-electron chi connectivity index (χ4n) is 2.67. The smallest absolute Gasteiger partial charge is 0.241 e. The Hall–Kier alpha value is -0.430. The van der Waals surface area contributed by atoms with E-state index in [1.54, 1.807) is 6.07 Å². The van der Waals surface area contributed by atoms with E-state index in [2.05, 4.69) is 17.0 Å². The first kappa shape index (κ1) is 15.0. The number of nitrogens with one attached hydrogen (secondary N) is 2. The molecule has 1 aromatic heterocycles. The van der Waals surface area contributed by atoms with Gasteiger partial charge in [0.15, 0.2) is 0 Å². The number of sulfonamides is 1. The molecule has 6 heteroatoms. The van der Waals surface area contributed by atoms with Crippen molar-refractivity contribution in [3.05, 3.63) is 16.3 Å². The van der Waals surface area contributed by atoms with Crippen LogP contribution in [0, 0.1) is 11.8 Å². The fourth-order valence-corrected chi connectivity index (χ4v) is 5.24. The normalized spacial score (nSPS) is 23.9. The number of hydrogen-bond acceptors (Lipinski definition) is 4. The Morgan fingerprint density at radius 2 is 2.21 bits per heavy atom. The van der Waals surface area contributed by atoms with Crippen molar-refractivity contribution in [1.82, 2.24) is 10.0 Å². The molecule has 0 bridgehead atoms. The van der Waals surface area contributed by atoms with Crippen LogP contribution in [0.1, 0.15) is 31.1 Å². The molecule has 19 heavy (non-hydrogen) atoms. The Bertz CT molecular complexity index is 510. The quantitative estimate of drug-likeness (QED) is 0.847. The van der Waals surface area contributed by atoms with E-state index in [9.17, 15) is 8.42 Å². The van der Waals surface area contributed by atoms with Crippen LogP contribution in [0.25, 0.3) is 0 Å². The van der Waals surface area contributed by atoms with Gasteiger partial charge in [-0.3, -0.25) is 0 Å². The molecular formula is C13H22N2O2S2. The van der Waals surface area contributed by atoms with Crippen LogP contribution in [0.4, 0.5) is 0 Å². The summed E-state index contributed by atoms with van der Waals surface area (Å²) in [5.41, 5.74) is 0. The molecule has 2 unspecified atom stereocenters. The Morgan fingerprint density at radius 3 is 2.84 bits per heavy atom. The summed E-state index contributed by atoms with van der Waals surface area (Å²) in [6.45, 7) is 3.40. The molecule has 0 spiro atoms. The standard InChI is InChI=1S/C13H22N2O2S2/c1-10-3-4-11(7-10)8-15-19(16,17)13-5-6-18-12(13)9-14-2/h5-6,10-11,14-15H,3-4,7-9H2,1-2H3. The van der Waals surface area contributed by atoms with Crippen LogP contribution in [0.3, 0.4) is 0 Å². The zero-order valence-electron chi connectivity index (χ0n) is 11.5. The summed E-state index contributed by atoms with van der Waals surface area (Å²) in [7, 11) is -1.53. The predicted octanol–water partition coefficient (Wildman–Crippen LogP) is 2.18. The zero-order chi connectivity index (χ0) is 13.9. The maximum atomic E-state index is 12.3. The predicted molar refractivity (Wildman–Crippen MR) is 78.8 cm³/mol. The lowest BCUT2D eigenvalue weighted by atomic mass is 10.1. The van der Waals surface area contributed by atoms with Crippen LogP contribution in [0.15, 0.2) is 16.3 Å². The molecule has 1 aromatic rings. The minimum atomic E-state index is -3.35. The third-order valence-electron chi connectivity index (χ3n) is 3.70. The second kappa shape index (κ2) is 6.35. The molecule has 2 atom stereocenters. The summed E-state index contributed by atoms with van der Waals surface area (Å²) < 4.78 is 27.4. The molecule has 1 heterocycles. The summed E-state index contributed by atoms with van der Waals surface area (Å²) in [5, 5.41) is 4.84. The highest BCUT2D eigenvalue weighted by molar-refractivity contribution is 7.89. The lowest BCUT2D eigenvalue weighted by molar-refractivity contribution is 0.498. The lowest BCUT2D eigenvalue weighted by Crippen LogP contribution is -2.29. The first-order chi connectivity index (χ1) is 9.03. The van der Waals surface area contributed by atoms with E-state index in [0.29, 0.717) is 23.9 Å². The van der Waals surface area contributed by atoms with Crippen LogP contribution in [0.2, 0.25) is 0 Å². The van der Waals surface area contributed by atoms with Crippen molar-refractivity contribution in [3.63, 3.8) is 0 Å². The van der Waals surface area contributed by atoms with Crippen LogP contribution in [-0.4, -0.2) is 22.0 Å².